The van der Waals surface area contributed by atoms with E-state index < -0.39 is 0 Å². The van der Waals surface area contributed by atoms with E-state index in [-0.39, 0.29) is 11.8 Å². The van der Waals surface area contributed by atoms with E-state index in [4.69, 9.17) is 0 Å². The van der Waals surface area contributed by atoms with E-state index in [0.29, 0.717) is 11.0 Å². The van der Waals surface area contributed by atoms with Crippen molar-refractivity contribution < 1.29 is 4.79 Å². The molecule has 0 aliphatic heterocycles. The Morgan fingerprint density at radius 3 is 3.13 bits per heavy atom. The maximum atomic E-state index is 12.8. The summed E-state index contributed by atoms with van der Waals surface area (Å²) in [7, 11) is 0. The summed E-state index contributed by atoms with van der Waals surface area (Å²) in [6, 6.07) is 6.09. The number of rotatable bonds is 2. The number of nitrogens with zero attached hydrogens (tertiary/aromatic N) is 2. The molecule has 0 fully saturated rings. The van der Waals surface area contributed by atoms with Crippen molar-refractivity contribution in [2.45, 2.75) is 32.6 Å². The number of thiazole rings is 1. The lowest BCUT2D eigenvalue weighted by Gasteiger charge is -2.27. The second-order valence-corrected chi connectivity index (χ2v) is 7.26. The first-order valence-corrected chi connectivity index (χ1v) is 8.64. The van der Waals surface area contributed by atoms with E-state index in [9.17, 15) is 4.79 Å². The lowest BCUT2D eigenvalue weighted by atomic mass is 9.78. The van der Waals surface area contributed by atoms with Gasteiger partial charge in [-0.1, -0.05) is 30.4 Å². The molecule has 118 valence electrons. The van der Waals surface area contributed by atoms with Crippen molar-refractivity contribution in [3.63, 3.8) is 0 Å². The van der Waals surface area contributed by atoms with E-state index in [1.54, 1.807) is 6.20 Å². The van der Waals surface area contributed by atoms with Gasteiger partial charge in [-0.3, -0.25) is 9.89 Å². The Kier molecular flexibility index (Phi) is 3.41. The van der Waals surface area contributed by atoms with Gasteiger partial charge in [-0.15, -0.1) is 0 Å². The normalized spacial score (nSPS) is 20.4. The van der Waals surface area contributed by atoms with Crippen LogP contribution in [0.15, 0.2) is 24.4 Å². The number of nitrogens with one attached hydrogen (secondary N) is 2. The van der Waals surface area contributed by atoms with Crippen molar-refractivity contribution in [1.82, 2.24) is 15.2 Å². The maximum Gasteiger partial charge on any atom is 0.234 e. The number of aromatic amines is 1. The fraction of sp³-hybridized carbons (Fsp3) is 0.353. The van der Waals surface area contributed by atoms with Crippen molar-refractivity contribution >= 4 is 32.6 Å². The summed E-state index contributed by atoms with van der Waals surface area (Å²) in [6.45, 7) is 4.16. The second kappa shape index (κ2) is 5.45. The molecule has 1 aliphatic carbocycles. The van der Waals surface area contributed by atoms with Gasteiger partial charge in [0.05, 0.1) is 22.3 Å². The zero-order chi connectivity index (χ0) is 16.0. The van der Waals surface area contributed by atoms with Crippen molar-refractivity contribution in [2.24, 2.45) is 5.92 Å². The Hall–Kier alpha value is -2.21. The first-order valence-electron chi connectivity index (χ1n) is 7.82. The fourth-order valence-corrected chi connectivity index (χ4v) is 4.30. The standard InChI is InChI=1S/C17H18N4OS/c1-9-6-7-12-11(8-18-21-12)14(9)16(22)20-17-19-15-10(2)4-3-5-13(15)23-17/h3-5,8-9,14H,6-7H2,1-2H3,(H,18,21)(H,19,20,22). The van der Waals surface area contributed by atoms with Crippen LogP contribution < -0.4 is 5.32 Å². The van der Waals surface area contributed by atoms with Gasteiger partial charge in [0.2, 0.25) is 5.91 Å². The number of aromatic nitrogens is 3. The minimum atomic E-state index is -0.161. The summed E-state index contributed by atoms with van der Waals surface area (Å²) in [5.41, 5.74) is 4.21. The number of carbonyl (C=O) groups excluding carboxylic acids is 1. The highest BCUT2D eigenvalue weighted by molar-refractivity contribution is 7.22. The topological polar surface area (TPSA) is 70.7 Å². The minimum absolute atomic E-state index is 0.0107. The first kappa shape index (κ1) is 14.4. The van der Waals surface area contributed by atoms with Crippen LogP contribution in [0.1, 0.15) is 36.1 Å². The summed E-state index contributed by atoms with van der Waals surface area (Å²) in [5, 5.41) is 10.8. The number of carbonyl (C=O) groups is 1. The van der Waals surface area contributed by atoms with Crippen LogP contribution in [0.3, 0.4) is 0 Å². The molecular weight excluding hydrogens is 308 g/mol. The van der Waals surface area contributed by atoms with Crippen LogP contribution >= 0.6 is 11.3 Å². The van der Waals surface area contributed by atoms with Crippen molar-refractivity contribution in [1.29, 1.82) is 0 Å². The number of anilines is 1. The van der Waals surface area contributed by atoms with E-state index in [1.807, 2.05) is 25.1 Å². The van der Waals surface area contributed by atoms with Crippen LogP contribution in [0.5, 0.6) is 0 Å². The third kappa shape index (κ3) is 2.43. The molecule has 0 saturated heterocycles. The van der Waals surface area contributed by atoms with Gasteiger partial charge in [0, 0.05) is 11.3 Å². The number of hydrogen-bond acceptors (Lipinski definition) is 4. The fourth-order valence-electron chi connectivity index (χ4n) is 3.36. The van der Waals surface area contributed by atoms with Crippen LogP contribution in [0, 0.1) is 12.8 Å². The number of amides is 1. The molecule has 2 N–H and O–H groups in total. The van der Waals surface area contributed by atoms with Crippen LogP contribution in [0.4, 0.5) is 5.13 Å². The minimum Gasteiger partial charge on any atom is -0.301 e. The van der Waals surface area contributed by atoms with Crippen LogP contribution in [-0.4, -0.2) is 21.1 Å². The molecule has 3 aromatic rings. The Morgan fingerprint density at radius 2 is 2.30 bits per heavy atom. The smallest absolute Gasteiger partial charge is 0.234 e. The van der Waals surface area contributed by atoms with E-state index in [2.05, 4.69) is 27.4 Å². The van der Waals surface area contributed by atoms with Crippen molar-refractivity contribution in [2.75, 3.05) is 5.32 Å². The summed E-state index contributed by atoms with van der Waals surface area (Å²) in [4.78, 5) is 17.4. The first-order chi connectivity index (χ1) is 11.1. The van der Waals surface area contributed by atoms with Gasteiger partial charge >= 0.3 is 0 Å². The highest BCUT2D eigenvalue weighted by Gasteiger charge is 2.34. The van der Waals surface area contributed by atoms with Gasteiger partial charge < -0.3 is 5.32 Å². The molecule has 0 spiro atoms. The number of hydrogen-bond donors (Lipinski definition) is 2. The number of benzene rings is 1. The third-order valence-corrected chi connectivity index (χ3v) is 5.57. The molecule has 1 aliphatic rings. The highest BCUT2D eigenvalue weighted by atomic mass is 32.1. The molecular formula is C17H18N4OS. The van der Waals surface area contributed by atoms with Crippen molar-refractivity contribution in [3.05, 3.63) is 41.2 Å². The van der Waals surface area contributed by atoms with Gasteiger partial charge in [-0.05, 0) is 37.3 Å². The molecule has 6 heteroatoms. The molecule has 0 saturated carbocycles. The molecule has 4 rings (SSSR count). The van der Waals surface area contributed by atoms with Gasteiger partial charge in [0.1, 0.15) is 0 Å². The second-order valence-electron chi connectivity index (χ2n) is 6.23. The SMILES string of the molecule is Cc1cccc2sc(NC(=O)C3c4cn[nH]c4CCC3C)nc12. The molecule has 2 unspecified atom stereocenters. The summed E-state index contributed by atoms with van der Waals surface area (Å²) < 4.78 is 1.10. The number of aryl methyl sites for hydroxylation is 2. The van der Waals surface area contributed by atoms with Gasteiger partial charge in [-0.2, -0.15) is 5.10 Å². The quantitative estimate of drug-likeness (QED) is 0.755. The Labute approximate surface area is 138 Å². The number of fused-ring (bicyclic) bond motifs is 2. The largest absolute Gasteiger partial charge is 0.301 e. The summed E-state index contributed by atoms with van der Waals surface area (Å²) in [5.74, 6) is 0.151. The molecule has 2 aromatic heterocycles. The summed E-state index contributed by atoms with van der Waals surface area (Å²) >= 11 is 1.52. The molecule has 1 aromatic carbocycles. The Bertz CT molecular complexity index is 882. The highest BCUT2D eigenvalue weighted by Crippen LogP contribution is 2.36. The monoisotopic (exact) mass is 326 g/mol. The van der Waals surface area contributed by atoms with Crippen LogP contribution in [-0.2, 0) is 11.2 Å². The van der Waals surface area contributed by atoms with Gasteiger partial charge in [0.25, 0.3) is 0 Å². The lowest BCUT2D eigenvalue weighted by molar-refractivity contribution is -0.118. The Balaban J connectivity index is 1.63. The molecule has 23 heavy (non-hydrogen) atoms. The zero-order valence-electron chi connectivity index (χ0n) is 13.1. The van der Waals surface area contributed by atoms with E-state index >= 15 is 0 Å². The summed E-state index contributed by atoms with van der Waals surface area (Å²) in [6.07, 6.45) is 3.74. The third-order valence-electron chi connectivity index (χ3n) is 4.64. The molecule has 5 nitrogen and oxygen atoms in total. The molecule has 2 heterocycles. The molecule has 2 atom stereocenters. The van der Waals surface area contributed by atoms with E-state index in [1.165, 1.54) is 11.3 Å². The zero-order valence-corrected chi connectivity index (χ0v) is 13.9. The molecule has 0 radical (unpaired) electrons. The average Bonchev–Trinajstić information content (AvgIpc) is 3.13. The van der Waals surface area contributed by atoms with Crippen LogP contribution in [0.2, 0.25) is 0 Å². The van der Waals surface area contributed by atoms with Crippen LogP contribution in [0.25, 0.3) is 10.2 Å². The number of H-pyrrole nitrogens is 1. The van der Waals surface area contributed by atoms with Gasteiger partial charge in [0.15, 0.2) is 5.13 Å². The number of para-hydroxylation sites is 1. The predicted molar refractivity (Wildman–Crippen MR) is 91.8 cm³/mol. The van der Waals surface area contributed by atoms with E-state index in [0.717, 1.165) is 39.9 Å². The van der Waals surface area contributed by atoms with Crippen molar-refractivity contribution in [3.8, 4) is 0 Å². The predicted octanol–water partition coefficient (Wildman–Crippen LogP) is 3.63. The average molecular weight is 326 g/mol. The maximum absolute atomic E-state index is 12.8. The Morgan fingerprint density at radius 1 is 1.43 bits per heavy atom. The molecule has 0 bridgehead atoms. The lowest BCUT2D eigenvalue weighted by Crippen LogP contribution is -2.29. The van der Waals surface area contributed by atoms with Gasteiger partial charge in [-0.25, -0.2) is 4.98 Å². The molecule has 1 amide bonds.